The first kappa shape index (κ1) is 20.3. The minimum Gasteiger partial charge on any atom is -0.352 e. The van der Waals surface area contributed by atoms with Gasteiger partial charge in [0.25, 0.3) is 5.91 Å². The highest BCUT2D eigenvalue weighted by molar-refractivity contribution is 5.99. The van der Waals surface area contributed by atoms with Crippen LogP contribution in [0.15, 0.2) is 61.1 Å². The number of hydrogen-bond acceptors (Lipinski definition) is 4. The predicted octanol–water partition coefficient (Wildman–Crippen LogP) is 3.93. The summed E-state index contributed by atoms with van der Waals surface area (Å²) in [4.78, 5) is 19.7. The number of hydrogen-bond donors (Lipinski definition) is 1. The Balaban J connectivity index is 1.46. The third kappa shape index (κ3) is 4.76. The van der Waals surface area contributed by atoms with Gasteiger partial charge in [-0.2, -0.15) is 5.10 Å². The fourth-order valence-corrected chi connectivity index (χ4v) is 4.04. The zero-order chi connectivity index (χ0) is 20.8. The number of carbonyl (C=O) groups is 1. The highest BCUT2D eigenvalue weighted by Gasteiger charge is 2.20. The number of nitrogens with one attached hydrogen (secondary N) is 1. The van der Waals surface area contributed by atoms with Gasteiger partial charge >= 0.3 is 0 Å². The van der Waals surface area contributed by atoms with Crippen molar-refractivity contribution in [1.29, 1.82) is 0 Å². The van der Waals surface area contributed by atoms with Crippen molar-refractivity contribution >= 4 is 5.91 Å². The maximum Gasteiger partial charge on any atom is 0.255 e. The van der Waals surface area contributed by atoms with Gasteiger partial charge in [-0.05, 0) is 57.0 Å². The van der Waals surface area contributed by atoms with E-state index in [0.717, 1.165) is 24.2 Å². The van der Waals surface area contributed by atoms with Crippen LogP contribution in [0.2, 0.25) is 0 Å². The molecule has 1 aliphatic heterocycles. The number of nitrogens with zero attached hydrogens (tertiary/aromatic N) is 4. The molecule has 6 heteroatoms. The number of amides is 1. The van der Waals surface area contributed by atoms with Crippen molar-refractivity contribution in [1.82, 2.24) is 25.0 Å². The summed E-state index contributed by atoms with van der Waals surface area (Å²) in [6, 6.07) is 14.3. The van der Waals surface area contributed by atoms with Crippen molar-refractivity contribution in [3.05, 3.63) is 66.6 Å². The summed E-state index contributed by atoms with van der Waals surface area (Å²) in [7, 11) is 0. The molecule has 30 heavy (non-hydrogen) atoms. The van der Waals surface area contributed by atoms with E-state index in [9.17, 15) is 4.79 Å². The van der Waals surface area contributed by atoms with E-state index in [1.807, 2.05) is 42.5 Å². The third-order valence-electron chi connectivity index (χ3n) is 5.76. The lowest BCUT2D eigenvalue weighted by atomic mass is 10.0. The average molecular weight is 404 g/mol. The molecule has 2 aromatic heterocycles. The zero-order valence-corrected chi connectivity index (χ0v) is 17.5. The number of piperidine rings is 1. The number of pyridine rings is 1. The number of likely N-dealkylation sites (tertiary alicyclic amines) is 1. The van der Waals surface area contributed by atoms with Gasteiger partial charge < -0.3 is 10.2 Å². The second-order valence-corrected chi connectivity index (χ2v) is 7.90. The van der Waals surface area contributed by atoms with Crippen LogP contribution in [-0.4, -0.2) is 51.2 Å². The van der Waals surface area contributed by atoms with Crippen molar-refractivity contribution < 1.29 is 4.79 Å². The predicted molar refractivity (Wildman–Crippen MR) is 119 cm³/mol. The summed E-state index contributed by atoms with van der Waals surface area (Å²) in [5.74, 6) is -0.0947. The molecule has 3 heterocycles. The van der Waals surface area contributed by atoms with Gasteiger partial charge in [0.05, 0.1) is 11.3 Å². The van der Waals surface area contributed by atoms with Crippen molar-refractivity contribution in [2.24, 2.45) is 0 Å². The number of aromatic nitrogens is 3. The molecule has 0 radical (unpaired) electrons. The van der Waals surface area contributed by atoms with Gasteiger partial charge in [-0.3, -0.25) is 9.78 Å². The Hall–Kier alpha value is -2.99. The van der Waals surface area contributed by atoms with Crippen LogP contribution in [0, 0.1) is 0 Å². The average Bonchev–Trinajstić information content (AvgIpc) is 3.25. The Morgan fingerprint density at radius 3 is 2.80 bits per heavy atom. The normalized spacial score (nSPS) is 17.0. The number of rotatable bonds is 7. The third-order valence-corrected chi connectivity index (χ3v) is 5.76. The van der Waals surface area contributed by atoms with Gasteiger partial charge in [0.2, 0.25) is 0 Å². The van der Waals surface area contributed by atoms with Gasteiger partial charge in [-0.1, -0.05) is 24.6 Å². The van der Waals surface area contributed by atoms with Crippen molar-refractivity contribution in [2.45, 2.75) is 38.6 Å². The van der Waals surface area contributed by atoms with Crippen molar-refractivity contribution in [2.75, 3.05) is 19.6 Å². The van der Waals surface area contributed by atoms with Gasteiger partial charge in [0.15, 0.2) is 0 Å². The Labute approximate surface area is 177 Å². The van der Waals surface area contributed by atoms with E-state index in [-0.39, 0.29) is 5.91 Å². The largest absolute Gasteiger partial charge is 0.352 e. The summed E-state index contributed by atoms with van der Waals surface area (Å²) < 4.78 is 1.76. The van der Waals surface area contributed by atoms with Gasteiger partial charge in [0, 0.05) is 43.3 Å². The molecule has 0 spiro atoms. The second kappa shape index (κ2) is 9.67. The fraction of sp³-hybridized carbons (Fsp3) is 0.375. The van der Waals surface area contributed by atoms with Gasteiger partial charge in [0.1, 0.15) is 5.69 Å². The molecular formula is C24H29N5O. The lowest BCUT2D eigenvalue weighted by Crippen LogP contribution is -2.39. The zero-order valence-electron chi connectivity index (χ0n) is 17.5. The second-order valence-electron chi connectivity index (χ2n) is 7.90. The number of benzene rings is 1. The van der Waals surface area contributed by atoms with Crippen LogP contribution in [0.5, 0.6) is 0 Å². The Bertz CT molecular complexity index is 954. The molecule has 156 valence electrons. The van der Waals surface area contributed by atoms with Gasteiger partial charge in [-0.15, -0.1) is 0 Å². The Morgan fingerprint density at radius 1 is 1.17 bits per heavy atom. The maximum atomic E-state index is 13.0. The fourth-order valence-electron chi connectivity index (χ4n) is 4.04. The molecule has 1 fully saturated rings. The number of carbonyl (C=O) groups excluding carboxylic acids is 1. The van der Waals surface area contributed by atoms with Crippen LogP contribution < -0.4 is 5.32 Å². The summed E-state index contributed by atoms with van der Waals surface area (Å²) >= 11 is 0. The van der Waals surface area contributed by atoms with Crippen LogP contribution in [0.3, 0.4) is 0 Å². The molecule has 1 saturated heterocycles. The molecule has 4 rings (SSSR count). The molecule has 0 saturated carbocycles. The van der Waals surface area contributed by atoms with E-state index >= 15 is 0 Å². The SMILES string of the molecule is C[C@H]1CCCCN1CCCNC(=O)c1cn(-c2ccccc2)nc1-c1cccnc1. The highest BCUT2D eigenvalue weighted by atomic mass is 16.1. The number of para-hydroxylation sites is 1. The first-order chi connectivity index (χ1) is 14.7. The molecule has 0 unspecified atom stereocenters. The molecule has 3 aromatic rings. The summed E-state index contributed by atoms with van der Waals surface area (Å²) in [6.45, 7) is 5.16. The quantitative estimate of drug-likeness (QED) is 0.607. The molecule has 1 atom stereocenters. The molecule has 0 aliphatic carbocycles. The monoisotopic (exact) mass is 403 g/mol. The summed E-state index contributed by atoms with van der Waals surface area (Å²) in [6.07, 6.45) is 10.1. The lowest BCUT2D eigenvalue weighted by Gasteiger charge is -2.33. The highest BCUT2D eigenvalue weighted by Crippen LogP contribution is 2.23. The molecular weight excluding hydrogens is 374 g/mol. The first-order valence-corrected chi connectivity index (χ1v) is 10.8. The van der Waals surface area contributed by atoms with E-state index in [0.29, 0.717) is 23.8 Å². The summed E-state index contributed by atoms with van der Waals surface area (Å²) in [5.41, 5.74) is 2.97. The van der Waals surface area contributed by atoms with Crippen molar-refractivity contribution in [3.8, 4) is 16.9 Å². The van der Waals surface area contributed by atoms with E-state index in [1.54, 1.807) is 23.3 Å². The lowest BCUT2D eigenvalue weighted by molar-refractivity contribution is 0.0949. The minimum atomic E-state index is -0.0947. The first-order valence-electron chi connectivity index (χ1n) is 10.8. The molecule has 1 amide bonds. The van der Waals surface area contributed by atoms with E-state index < -0.39 is 0 Å². The van der Waals surface area contributed by atoms with Crippen LogP contribution in [0.1, 0.15) is 43.0 Å². The van der Waals surface area contributed by atoms with E-state index in [1.165, 1.54) is 25.8 Å². The molecule has 6 nitrogen and oxygen atoms in total. The van der Waals surface area contributed by atoms with Crippen LogP contribution in [-0.2, 0) is 0 Å². The smallest absolute Gasteiger partial charge is 0.255 e. The maximum absolute atomic E-state index is 13.0. The Morgan fingerprint density at radius 2 is 2.03 bits per heavy atom. The van der Waals surface area contributed by atoms with E-state index in [2.05, 4.69) is 22.1 Å². The van der Waals surface area contributed by atoms with Gasteiger partial charge in [-0.25, -0.2) is 4.68 Å². The molecule has 1 aromatic carbocycles. The standard InChI is InChI=1S/C24H29N5O/c1-19-9-5-6-15-28(19)16-8-14-26-24(30)22-18-29(21-11-3-2-4-12-21)27-23(22)20-10-7-13-25-17-20/h2-4,7,10-13,17-19H,5-6,8-9,14-16H2,1H3,(H,26,30)/t19-/m0/s1. The Kier molecular flexibility index (Phi) is 6.54. The van der Waals surface area contributed by atoms with E-state index in [4.69, 9.17) is 5.10 Å². The van der Waals surface area contributed by atoms with Crippen LogP contribution >= 0.6 is 0 Å². The summed E-state index contributed by atoms with van der Waals surface area (Å²) in [5, 5.41) is 7.78. The molecule has 0 bridgehead atoms. The van der Waals surface area contributed by atoms with Crippen molar-refractivity contribution in [3.63, 3.8) is 0 Å². The van der Waals surface area contributed by atoms with Crippen LogP contribution in [0.25, 0.3) is 16.9 Å². The molecule has 1 aliphatic rings. The molecule has 1 N–H and O–H groups in total. The minimum absolute atomic E-state index is 0.0947. The topological polar surface area (TPSA) is 63.1 Å². The van der Waals surface area contributed by atoms with Crippen LogP contribution in [0.4, 0.5) is 0 Å².